The summed E-state index contributed by atoms with van der Waals surface area (Å²) in [6.45, 7) is 2.20. The van der Waals surface area contributed by atoms with Gasteiger partial charge in [0.05, 0.1) is 6.16 Å². The fraction of sp³-hybridized carbons (Fsp3) is 0.400. The molecule has 130 valence electrons. The number of para-hydroxylation sites is 2. The Bertz CT molecular complexity index is 568. The van der Waals surface area contributed by atoms with Crippen LogP contribution in [0.3, 0.4) is 0 Å². The number of hydrogen-bond donors (Lipinski definition) is 0. The summed E-state index contributed by atoms with van der Waals surface area (Å²) in [4.78, 5) is 0. The zero-order valence-corrected chi connectivity index (χ0v) is 15.3. The molecule has 0 saturated carbocycles. The Hall–Kier alpha value is -1.73. The molecule has 0 spiro atoms. The summed E-state index contributed by atoms with van der Waals surface area (Å²) in [6, 6.07) is 18.5. The van der Waals surface area contributed by atoms with Gasteiger partial charge in [0, 0.05) is 0 Å². The van der Waals surface area contributed by atoms with Crippen LogP contribution >= 0.6 is 7.60 Å². The van der Waals surface area contributed by atoms with Crippen LogP contribution in [0, 0.1) is 0 Å². The lowest BCUT2D eigenvalue weighted by Gasteiger charge is -2.20. The van der Waals surface area contributed by atoms with Gasteiger partial charge in [0.25, 0.3) is 0 Å². The van der Waals surface area contributed by atoms with Gasteiger partial charge < -0.3 is 9.05 Å². The van der Waals surface area contributed by atoms with Gasteiger partial charge in [-0.15, -0.1) is 0 Å². The third-order valence-electron chi connectivity index (χ3n) is 3.76. The molecule has 0 aliphatic carbocycles. The Morgan fingerprint density at radius 1 is 0.708 bits per heavy atom. The molecule has 0 saturated heterocycles. The Morgan fingerprint density at radius 3 is 1.67 bits per heavy atom. The molecule has 2 rings (SSSR count). The molecule has 4 heteroatoms. The first-order valence-corrected chi connectivity index (χ1v) is 10.5. The third kappa shape index (κ3) is 6.80. The van der Waals surface area contributed by atoms with Crippen molar-refractivity contribution in [1.82, 2.24) is 0 Å². The van der Waals surface area contributed by atoms with Gasteiger partial charge in [-0.3, -0.25) is 0 Å². The van der Waals surface area contributed by atoms with Crippen molar-refractivity contribution in [1.29, 1.82) is 0 Å². The van der Waals surface area contributed by atoms with Gasteiger partial charge in [-0.1, -0.05) is 75.4 Å². The molecular formula is C20H27O3P. The van der Waals surface area contributed by atoms with E-state index in [1.54, 1.807) is 0 Å². The second kappa shape index (κ2) is 10.2. The van der Waals surface area contributed by atoms with Crippen LogP contribution in [0.2, 0.25) is 0 Å². The molecule has 0 atom stereocenters. The molecule has 0 bridgehead atoms. The summed E-state index contributed by atoms with van der Waals surface area (Å²) in [5.41, 5.74) is 0. The highest BCUT2D eigenvalue weighted by Gasteiger charge is 2.27. The lowest BCUT2D eigenvalue weighted by Crippen LogP contribution is -2.05. The standard InChI is InChI=1S/C20H27O3P/c1-2-3-4-5-6-13-18-24(21,22-19-14-9-7-10-15-19)23-20-16-11-8-12-17-20/h7-12,14-17H,2-6,13,18H2,1H3. The summed E-state index contributed by atoms with van der Waals surface area (Å²) in [6.07, 6.45) is 7.24. The normalized spacial score (nSPS) is 11.2. The van der Waals surface area contributed by atoms with Crippen LogP contribution in [0.25, 0.3) is 0 Å². The van der Waals surface area contributed by atoms with Crippen LogP contribution in [0.1, 0.15) is 45.4 Å². The van der Waals surface area contributed by atoms with Crippen LogP contribution in [0.15, 0.2) is 60.7 Å². The minimum absolute atomic E-state index is 0.433. The van der Waals surface area contributed by atoms with Crippen LogP contribution in [0.4, 0.5) is 0 Å². The van der Waals surface area contributed by atoms with E-state index in [-0.39, 0.29) is 0 Å². The molecule has 24 heavy (non-hydrogen) atoms. The van der Waals surface area contributed by atoms with Gasteiger partial charge in [-0.25, -0.2) is 4.57 Å². The van der Waals surface area contributed by atoms with Crippen LogP contribution < -0.4 is 9.05 Å². The molecule has 0 amide bonds. The van der Waals surface area contributed by atoms with Crippen LogP contribution in [-0.4, -0.2) is 6.16 Å². The summed E-state index contributed by atoms with van der Waals surface area (Å²) in [5, 5.41) is 0. The van der Waals surface area contributed by atoms with Crippen molar-refractivity contribution >= 4 is 7.60 Å². The van der Waals surface area contributed by atoms with E-state index >= 15 is 0 Å². The van der Waals surface area contributed by atoms with Gasteiger partial charge >= 0.3 is 7.60 Å². The highest BCUT2D eigenvalue weighted by Crippen LogP contribution is 2.49. The fourth-order valence-corrected chi connectivity index (χ4v) is 4.20. The lowest BCUT2D eigenvalue weighted by molar-refractivity contribution is 0.383. The smallest absolute Gasteiger partial charge is 0.416 e. The molecule has 0 fully saturated rings. The average Bonchev–Trinajstić information content (AvgIpc) is 2.60. The Morgan fingerprint density at radius 2 is 1.17 bits per heavy atom. The van der Waals surface area contributed by atoms with Crippen molar-refractivity contribution in [2.24, 2.45) is 0 Å². The van der Waals surface area contributed by atoms with Crippen molar-refractivity contribution in [3.05, 3.63) is 60.7 Å². The average molecular weight is 346 g/mol. The molecule has 0 aromatic heterocycles. The van der Waals surface area contributed by atoms with Gasteiger partial charge in [0.2, 0.25) is 0 Å². The lowest BCUT2D eigenvalue weighted by atomic mass is 10.1. The molecule has 3 nitrogen and oxygen atoms in total. The molecule has 0 aliphatic rings. The van der Waals surface area contributed by atoms with Crippen molar-refractivity contribution in [2.75, 3.05) is 6.16 Å². The van der Waals surface area contributed by atoms with E-state index in [0.29, 0.717) is 17.7 Å². The fourth-order valence-electron chi connectivity index (χ4n) is 2.48. The highest BCUT2D eigenvalue weighted by molar-refractivity contribution is 7.54. The molecule has 0 heterocycles. The van der Waals surface area contributed by atoms with E-state index in [1.807, 2.05) is 60.7 Å². The van der Waals surface area contributed by atoms with Gasteiger partial charge in [-0.2, -0.15) is 0 Å². The van der Waals surface area contributed by atoms with Gasteiger partial charge in [-0.05, 0) is 30.7 Å². The zero-order chi connectivity index (χ0) is 17.1. The zero-order valence-electron chi connectivity index (χ0n) is 14.4. The molecular weight excluding hydrogens is 319 g/mol. The van der Waals surface area contributed by atoms with Crippen LogP contribution in [0.5, 0.6) is 11.5 Å². The Balaban J connectivity index is 1.96. The topological polar surface area (TPSA) is 35.5 Å². The minimum Gasteiger partial charge on any atom is -0.416 e. The van der Waals surface area contributed by atoms with E-state index in [4.69, 9.17) is 9.05 Å². The summed E-state index contributed by atoms with van der Waals surface area (Å²) < 4.78 is 24.7. The molecule has 0 radical (unpaired) electrons. The van der Waals surface area contributed by atoms with Crippen molar-refractivity contribution in [3.8, 4) is 11.5 Å². The third-order valence-corrected chi connectivity index (χ3v) is 5.60. The van der Waals surface area contributed by atoms with E-state index < -0.39 is 7.60 Å². The van der Waals surface area contributed by atoms with Crippen LogP contribution in [-0.2, 0) is 4.57 Å². The van der Waals surface area contributed by atoms with E-state index in [2.05, 4.69) is 6.92 Å². The van der Waals surface area contributed by atoms with E-state index in [9.17, 15) is 4.57 Å². The first-order chi connectivity index (χ1) is 11.7. The van der Waals surface area contributed by atoms with Gasteiger partial charge in [0.1, 0.15) is 11.5 Å². The second-order valence-electron chi connectivity index (χ2n) is 5.91. The SMILES string of the molecule is CCCCCCCCP(=O)(Oc1ccccc1)Oc1ccccc1. The molecule has 0 aliphatic heterocycles. The monoisotopic (exact) mass is 346 g/mol. The number of hydrogen-bond acceptors (Lipinski definition) is 3. The summed E-state index contributed by atoms with van der Waals surface area (Å²) >= 11 is 0. The molecule has 0 N–H and O–H groups in total. The Labute approximate surface area is 145 Å². The predicted molar refractivity (Wildman–Crippen MR) is 100.0 cm³/mol. The van der Waals surface area contributed by atoms with Crippen molar-refractivity contribution in [2.45, 2.75) is 45.4 Å². The predicted octanol–water partition coefficient (Wildman–Crippen LogP) is 6.70. The first-order valence-electron chi connectivity index (χ1n) is 8.80. The Kier molecular flexibility index (Phi) is 7.91. The summed E-state index contributed by atoms with van der Waals surface area (Å²) in [5.74, 6) is 1.17. The highest BCUT2D eigenvalue weighted by atomic mass is 31.2. The number of unbranched alkanes of at least 4 members (excludes halogenated alkanes) is 5. The molecule has 0 unspecified atom stereocenters. The maximum Gasteiger partial charge on any atom is 0.430 e. The molecule has 2 aromatic rings. The maximum absolute atomic E-state index is 13.2. The van der Waals surface area contributed by atoms with Crippen molar-refractivity contribution in [3.63, 3.8) is 0 Å². The van der Waals surface area contributed by atoms with Gasteiger partial charge in [0.15, 0.2) is 0 Å². The first kappa shape index (κ1) is 18.6. The largest absolute Gasteiger partial charge is 0.430 e. The summed E-state index contributed by atoms with van der Waals surface area (Å²) in [7, 11) is -3.22. The van der Waals surface area contributed by atoms with E-state index in [1.165, 1.54) is 25.7 Å². The molecule has 2 aromatic carbocycles. The maximum atomic E-state index is 13.2. The number of rotatable bonds is 11. The number of benzene rings is 2. The second-order valence-corrected chi connectivity index (χ2v) is 7.95. The van der Waals surface area contributed by atoms with Crippen molar-refractivity contribution < 1.29 is 13.6 Å². The quantitative estimate of drug-likeness (QED) is 0.335. The van der Waals surface area contributed by atoms with E-state index in [0.717, 1.165) is 12.8 Å². The minimum atomic E-state index is -3.22.